The Balaban J connectivity index is 2.29. The highest BCUT2D eigenvalue weighted by Crippen LogP contribution is 2.32. The molecule has 110 valence electrons. The van der Waals surface area contributed by atoms with Crippen molar-refractivity contribution in [3.05, 3.63) is 29.3 Å². The van der Waals surface area contributed by atoms with E-state index in [1.165, 1.54) is 12.8 Å². The molecular weight excluding hydrogens is 254 g/mol. The Morgan fingerprint density at radius 1 is 1.50 bits per heavy atom. The number of methoxy groups -OCH3 is 1. The third-order valence-electron chi connectivity index (χ3n) is 4.12. The number of likely N-dealkylation sites (tertiary alicyclic amines) is 1. The lowest BCUT2D eigenvalue weighted by atomic mass is 10.0. The van der Waals surface area contributed by atoms with Crippen LogP contribution in [0, 0.1) is 0 Å². The van der Waals surface area contributed by atoms with Gasteiger partial charge in [0.15, 0.2) is 5.84 Å². The van der Waals surface area contributed by atoms with Crippen molar-refractivity contribution >= 4 is 5.84 Å². The first-order valence-electron chi connectivity index (χ1n) is 6.88. The van der Waals surface area contributed by atoms with E-state index < -0.39 is 0 Å². The molecule has 0 aliphatic carbocycles. The van der Waals surface area contributed by atoms with Crippen molar-refractivity contribution < 1.29 is 9.94 Å². The molecule has 1 aromatic carbocycles. The Morgan fingerprint density at radius 2 is 2.25 bits per heavy atom. The van der Waals surface area contributed by atoms with Gasteiger partial charge in [-0.2, -0.15) is 0 Å². The smallest absolute Gasteiger partial charge is 0.170 e. The minimum atomic E-state index is 0.120. The molecule has 1 aliphatic rings. The summed E-state index contributed by atoms with van der Waals surface area (Å²) in [5.41, 5.74) is 7.64. The van der Waals surface area contributed by atoms with E-state index in [4.69, 9.17) is 15.7 Å². The Hall–Kier alpha value is -1.75. The normalized spacial score (nSPS) is 19.2. The second-order valence-corrected chi connectivity index (χ2v) is 5.85. The number of benzene rings is 1. The summed E-state index contributed by atoms with van der Waals surface area (Å²) in [6.45, 7) is 6.42. The summed E-state index contributed by atoms with van der Waals surface area (Å²) in [7, 11) is 1.66. The molecule has 0 atom stereocenters. The second-order valence-electron chi connectivity index (χ2n) is 5.85. The molecule has 0 saturated carbocycles. The zero-order valence-corrected chi connectivity index (χ0v) is 12.4. The fraction of sp³-hybridized carbons (Fsp3) is 0.533. The standard InChI is InChI=1S/C15H23N3O2/c1-15(2)7-4-8-18(15)10-12-9-11(14(16)17-19)5-6-13(12)20-3/h5-6,9,19H,4,7-8,10H2,1-3H3,(H2,16,17). The van der Waals surface area contributed by atoms with Gasteiger partial charge in [0, 0.05) is 23.2 Å². The Morgan fingerprint density at radius 3 is 2.80 bits per heavy atom. The molecule has 0 amide bonds. The molecule has 0 spiro atoms. The molecule has 0 aromatic heterocycles. The molecule has 20 heavy (non-hydrogen) atoms. The average Bonchev–Trinajstić information content (AvgIpc) is 2.77. The van der Waals surface area contributed by atoms with E-state index in [1.807, 2.05) is 12.1 Å². The molecule has 5 heteroatoms. The van der Waals surface area contributed by atoms with Crippen LogP contribution in [-0.4, -0.2) is 35.1 Å². The zero-order chi connectivity index (χ0) is 14.8. The SMILES string of the molecule is COc1ccc(/C(N)=N/O)cc1CN1CCCC1(C)C. The fourth-order valence-electron chi connectivity index (χ4n) is 2.78. The van der Waals surface area contributed by atoms with Gasteiger partial charge in [0.05, 0.1) is 7.11 Å². The van der Waals surface area contributed by atoms with Gasteiger partial charge in [0.1, 0.15) is 5.75 Å². The van der Waals surface area contributed by atoms with E-state index in [0.717, 1.165) is 24.4 Å². The molecule has 1 heterocycles. The third-order valence-corrected chi connectivity index (χ3v) is 4.12. The van der Waals surface area contributed by atoms with Crippen LogP contribution in [0.2, 0.25) is 0 Å². The van der Waals surface area contributed by atoms with Crippen LogP contribution in [0.5, 0.6) is 5.75 Å². The molecule has 2 rings (SSSR count). The van der Waals surface area contributed by atoms with E-state index in [-0.39, 0.29) is 11.4 Å². The minimum Gasteiger partial charge on any atom is -0.496 e. The summed E-state index contributed by atoms with van der Waals surface area (Å²) in [5, 5.41) is 11.8. The van der Waals surface area contributed by atoms with Crippen molar-refractivity contribution in [1.82, 2.24) is 4.90 Å². The predicted octanol–water partition coefficient (Wildman–Crippen LogP) is 2.16. The van der Waals surface area contributed by atoms with Gasteiger partial charge in [-0.15, -0.1) is 0 Å². The minimum absolute atomic E-state index is 0.120. The number of amidine groups is 1. The summed E-state index contributed by atoms with van der Waals surface area (Å²) < 4.78 is 5.42. The number of hydrogen-bond donors (Lipinski definition) is 2. The summed E-state index contributed by atoms with van der Waals surface area (Å²) >= 11 is 0. The van der Waals surface area contributed by atoms with Crippen LogP contribution >= 0.6 is 0 Å². The van der Waals surface area contributed by atoms with E-state index in [0.29, 0.717) is 5.56 Å². The van der Waals surface area contributed by atoms with Gasteiger partial charge in [-0.1, -0.05) is 5.16 Å². The third kappa shape index (κ3) is 2.88. The van der Waals surface area contributed by atoms with Crippen LogP contribution in [0.3, 0.4) is 0 Å². The quantitative estimate of drug-likeness (QED) is 0.383. The summed E-state index contributed by atoms with van der Waals surface area (Å²) in [5.74, 6) is 0.955. The lowest BCUT2D eigenvalue weighted by molar-refractivity contribution is 0.165. The molecular formula is C15H23N3O2. The average molecular weight is 277 g/mol. The van der Waals surface area contributed by atoms with E-state index in [2.05, 4.69) is 23.9 Å². The van der Waals surface area contributed by atoms with Crippen molar-refractivity contribution in [2.45, 2.75) is 38.8 Å². The van der Waals surface area contributed by atoms with E-state index >= 15 is 0 Å². The number of nitrogens with zero attached hydrogens (tertiary/aromatic N) is 2. The topological polar surface area (TPSA) is 71.1 Å². The first-order chi connectivity index (χ1) is 9.47. The number of ether oxygens (including phenoxy) is 1. The van der Waals surface area contributed by atoms with Gasteiger partial charge in [-0.3, -0.25) is 4.90 Å². The van der Waals surface area contributed by atoms with Crippen LogP contribution in [-0.2, 0) is 6.54 Å². The highest BCUT2D eigenvalue weighted by molar-refractivity contribution is 5.97. The first kappa shape index (κ1) is 14.7. The van der Waals surface area contributed by atoms with Crippen molar-refractivity contribution in [2.24, 2.45) is 10.9 Å². The monoisotopic (exact) mass is 277 g/mol. The molecule has 3 N–H and O–H groups in total. The molecule has 1 aromatic rings. The van der Waals surface area contributed by atoms with Gasteiger partial charge >= 0.3 is 0 Å². The Labute approximate surface area is 120 Å². The van der Waals surface area contributed by atoms with E-state index in [1.54, 1.807) is 13.2 Å². The van der Waals surface area contributed by atoms with Gasteiger partial charge in [-0.05, 0) is 51.4 Å². The number of rotatable bonds is 4. The number of oxime groups is 1. The van der Waals surface area contributed by atoms with Gasteiger partial charge in [-0.25, -0.2) is 0 Å². The number of hydrogen-bond acceptors (Lipinski definition) is 4. The van der Waals surface area contributed by atoms with Crippen LogP contribution < -0.4 is 10.5 Å². The maximum absolute atomic E-state index is 8.79. The van der Waals surface area contributed by atoms with Crippen LogP contribution in [0.4, 0.5) is 0 Å². The van der Waals surface area contributed by atoms with Crippen LogP contribution in [0.15, 0.2) is 23.4 Å². The highest BCUT2D eigenvalue weighted by atomic mass is 16.5. The van der Waals surface area contributed by atoms with Crippen LogP contribution in [0.25, 0.3) is 0 Å². The molecule has 5 nitrogen and oxygen atoms in total. The zero-order valence-electron chi connectivity index (χ0n) is 12.4. The van der Waals surface area contributed by atoms with Gasteiger partial charge in [0.25, 0.3) is 0 Å². The lowest BCUT2D eigenvalue weighted by Gasteiger charge is -2.32. The number of nitrogens with two attached hydrogens (primary N) is 1. The Bertz CT molecular complexity index is 512. The molecule has 0 radical (unpaired) electrons. The maximum Gasteiger partial charge on any atom is 0.170 e. The highest BCUT2D eigenvalue weighted by Gasteiger charge is 2.32. The van der Waals surface area contributed by atoms with Gasteiger partial charge < -0.3 is 15.7 Å². The fourth-order valence-corrected chi connectivity index (χ4v) is 2.78. The van der Waals surface area contributed by atoms with Crippen molar-refractivity contribution in [1.29, 1.82) is 0 Å². The van der Waals surface area contributed by atoms with Crippen LogP contribution in [0.1, 0.15) is 37.8 Å². The van der Waals surface area contributed by atoms with Crippen molar-refractivity contribution in [3.8, 4) is 5.75 Å². The first-order valence-corrected chi connectivity index (χ1v) is 6.88. The lowest BCUT2D eigenvalue weighted by Crippen LogP contribution is -2.37. The molecule has 1 aliphatic heterocycles. The summed E-state index contributed by atoms with van der Waals surface area (Å²) in [6.07, 6.45) is 2.42. The summed E-state index contributed by atoms with van der Waals surface area (Å²) in [4.78, 5) is 2.45. The largest absolute Gasteiger partial charge is 0.496 e. The molecule has 0 unspecified atom stereocenters. The Kier molecular flexibility index (Phi) is 4.18. The molecule has 0 bridgehead atoms. The molecule has 1 saturated heterocycles. The maximum atomic E-state index is 8.79. The van der Waals surface area contributed by atoms with E-state index in [9.17, 15) is 0 Å². The molecule has 1 fully saturated rings. The second kappa shape index (κ2) is 5.71. The van der Waals surface area contributed by atoms with Crippen molar-refractivity contribution in [3.63, 3.8) is 0 Å². The van der Waals surface area contributed by atoms with Crippen molar-refractivity contribution in [2.75, 3.05) is 13.7 Å². The van der Waals surface area contributed by atoms with Gasteiger partial charge in [0.2, 0.25) is 0 Å². The summed E-state index contributed by atoms with van der Waals surface area (Å²) in [6, 6.07) is 5.60. The predicted molar refractivity (Wildman–Crippen MR) is 79.2 cm³/mol.